The molecule has 2 aromatic rings. The predicted molar refractivity (Wildman–Crippen MR) is 85.7 cm³/mol. The lowest BCUT2D eigenvalue weighted by molar-refractivity contribution is 0.0787. The molecule has 0 unspecified atom stereocenters. The zero-order valence-corrected chi connectivity index (χ0v) is 14.0. The highest BCUT2D eigenvalue weighted by atomic mass is 16.5. The van der Waals surface area contributed by atoms with E-state index in [1.165, 1.54) is 6.33 Å². The molecule has 0 spiro atoms. The van der Waals surface area contributed by atoms with Gasteiger partial charge in [-0.2, -0.15) is 4.98 Å². The summed E-state index contributed by atoms with van der Waals surface area (Å²) in [6.07, 6.45) is 6.27. The van der Waals surface area contributed by atoms with Gasteiger partial charge in [0.15, 0.2) is 5.82 Å². The molecule has 1 atom stereocenters. The summed E-state index contributed by atoms with van der Waals surface area (Å²) in [5.41, 5.74) is 1.39. The van der Waals surface area contributed by atoms with E-state index in [0.717, 1.165) is 30.8 Å². The van der Waals surface area contributed by atoms with Gasteiger partial charge in [0, 0.05) is 25.2 Å². The maximum absolute atomic E-state index is 12.9. The number of carbonyl (C=O) groups excluding carboxylic acids is 1. The van der Waals surface area contributed by atoms with Crippen LogP contribution in [0.1, 0.15) is 78.6 Å². The van der Waals surface area contributed by atoms with Crippen molar-refractivity contribution < 1.29 is 9.32 Å². The quantitative estimate of drug-likeness (QED) is 0.857. The van der Waals surface area contributed by atoms with E-state index < -0.39 is 0 Å². The van der Waals surface area contributed by atoms with Crippen LogP contribution in [0.3, 0.4) is 0 Å². The minimum Gasteiger partial charge on any atom is -0.339 e. The number of carbonyl (C=O) groups is 1. The summed E-state index contributed by atoms with van der Waals surface area (Å²) in [7, 11) is 0. The Kier molecular flexibility index (Phi) is 3.78. The number of rotatable bonds is 4. The molecule has 7 nitrogen and oxygen atoms in total. The molecule has 24 heavy (non-hydrogen) atoms. The molecule has 0 bridgehead atoms. The van der Waals surface area contributed by atoms with Crippen molar-refractivity contribution in [3.05, 3.63) is 35.5 Å². The normalized spacial score (nSPS) is 20.8. The number of likely N-dealkylation sites (tertiary alicyclic amines) is 1. The lowest BCUT2D eigenvalue weighted by atomic mass is 10.0. The van der Waals surface area contributed by atoms with Crippen molar-refractivity contribution in [1.82, 2.24) is 25.0 Å². The van der Waals surface area contributed by atoms with Gasteiger partial charge in [-0.05, 0) is 25.2 Å². The summed E-state index contributed by atoms with van der Waals surface area (Å²) in [6, 6.07) is 0. The minimum atomic E-state index is -0.0104. The molecular formula is C17H21N5O2. The molecule has 0 N–H and O–H groups in total. The molecule has 1 aliphatic carbocycles. The summed E-state index contributed by atoms with van der Waals surface area (Å²) in [6.45, 7) is 5.36. The van der Waals surface area contributed by atoms with Gasteiger partial charge in [0.2, 0.25) is 5.89 Å². The zero-order valence-electron chi connectivity index (χ0n) is 14.0. The Morgan fingerprint density at radius 1 is 1.29 bits per heavy atom. The van der Waals surface area contributed by atoms with Crippen LogP contribution < -0.4 is 0 Å². The van der Waals surface area contributed by atoms with Crippen molar-refractivity contribution in [1.29, 1.82) is 0 Å². The topological polar surface area (TPSA) is 85.0 Å². The molecule has 2 fully saturated rings. The van der Waals surface area contributed by atoms with Gasteiger partial charge in [-0.15, -0.1) is 0 Å². The van der Waals surface area contributed by atoms with Crippen LogP contribution in [0, 0.1) is 0 Å². The maximum atomic E-state index is 12.9. The average molecular weight is 327 g/mol. The lowest BCUT2D eigenvalue weighted by Crippen LogP contribution is -2.30. The maximum Gasteiger partial charge on any atom is 0.257 e. The Hall–Kier alpha value is -2.31. The third kappa shape index (κ3) is 2.79. The van der Waals surface area contributed by atoms with E-state index in [0.29, 0.717) is 30.5 Å². The fourth-order valence-corrected chi connectivity index (χ4v) is 3.20. The third-order valence-electron chi connectivity index (χ3n) is 4.75. The van der Waals surface area contributed by atoms with Crippen molar-refractivity contribution in [2.75, 3.05) is 13.1 Å². The fourth-order valence-electron chi connectivity index (χ4n) is 3.20. The van der Waals surface area contributed by atoms with E-state index >= 15 is 0 Å². The summed E-state index contributed by atoms with van der Waals surface area (Å²) in [5.74, 6) is 2.28. The Balaban J connectivity index is 1.49. The fraction of sp³-hybridized carbons (Fsp3) is 0.588. The second-order valence-corrected chi connectivity index (χ2v) is 6.98. The molecule has 2 aliphatic rings. The average Bonchev–Trinajstić information content (AvgIpc) is 3.12. The standard InChI is InChI=1S/C17H21N5O2/c1-10(2)14-13(7-18-9-19-14)17(23)22-6-5-12(8-22)16-20-15(21-24-16)11-3-4-11/h7,9-12H,3-6,8H2,1-2H3/t12-/m1/s1. The molecule has 7 heteroatoms. The van der Waals surface area contributed by atoms with Crippen LogP contribution >= 0.6 is 0 Å². The van der Waals surface area contributed by atoms with Crippen molar-refractivity contribution in [3.63, 3.8) is 0 Å². The van der Waals surface area contributed by atoms with Gasteiger partial charge in [-0.25, -0.2) is 9.97 Å². The molecule has 1 aliphatic heterocycles. The molecular weight excluding hydrogens is 306 g/mol. The van der Waals surface area contributed by atoms with Crippen LogP contribution in [0.25, 0.3) is 0 Å². The van der Waals surface area contributed by atoms with E-state index in [4.69, 9.17) is 4.52 Å². The molecule has 126 valence electrons. The largest absolute Gasteiger partial charge is 0.339 e. The van der Waals surface area contributed by atoms with E-state index in [9.17, 15) is 4.79 Å². The summed E-state index contributed by atoms with van der Waals surface area (Å²) >= 11 is 0. The van der Waals surface area contributed by atoms with Crippen LogP contribution in [-0.4, -0.2) is 44.0 Å². The monoisotopic (exact) mass is 327 g/mol. The number of aromatic nitrogens is 4. The van der Waals surface area contributed by atoms with Crippen LogP contribution in [0.15, 0.2) is 17.0 Å². The van der Waals surface area contributed by atoms with Gasteiger partial charge in [0.25, 0.3) is 5.91 Å². The molecule has 0 aromatic carbocycles. The molecule has 1 amide bonds. The Morgan fingerprint density at radius 3 is 2.88 bits per heavy atom. The van der Waals surface area contributed by atoms with E-state index in [-0.39, 0.29) is 17.7 Å². The van der Waals surface area contributed by atoms with Crippen LogP contribution in [0.4, 0.5) is 0 Å². The van der Waals surface area contributed by atoms with Gasteiger partial charge >= 0.3 is 0 Å². The third-order valence-corrected chi connectivity index (χ3v) is 4.75. The molecule has 0 radical (unpaired) electrons. The van der Waals surface area contributed by atoms with Crippen molar-refractivity contribution >= 4 is 5.91 Å². The first kappa shape index (κ1) is 15.2. The molecule has 3 heterocycles. The van der Waals surface area contributed by atoms with Gasteiger partial charge < -0.3 is 9.42 Å². The smallest absolute Gasteiger partial charge is 0.257 e. The highest BCUT2D eigenvalue weighted by molar-refractivity contribution is 5.95. The molecule has 4 rings (SSSR count). The minimum absolute atomic E-state index is 0.0104. The Bertz CT molecular complexity index is 753. The Labute approximate surface area is 140 Å². The number of amides is 1. The van der Waals surface area contributed by atoms with Crippen LogP contribution in [0.5, 0.6) is 0 Å². The first-order valence-electron chi connectivity index (χ1n) is 8.56. The van der Waals surface area contributed by atoms with Crippen LogP contribution in [0.2, 0.25) is 0 Å². The zero-order chi connectivity index (χ0) is 16.7. The van der Waals surface area contributed by atoms with Gasteiger partial charge in [-0.1, -0.05) is 19.0 Å². The van der Waals surface area contributed by atoms with Gasteiger partial charge in [0.1, 0.15) is 6.33 Å². The Morgan fingerprint density at radius 2 is 2.12 bits per heavy atom. The second kappa shape index (κ2) is 5.96. The number of hydrogen-bond acceptors (Lipinski definition) is 6. The highest BCUT2D eigenvalue weighted by Gasteiger charge is 2.35. The first-order chi connectivity index (χ1) is 11.6. The summed E-state index contributed by atoms with van der Waals surface area (Å²) in [4.78, 5) is 27.5. The lowest BCUT2D eigenvalue weighted by Gasteiger charge is -2.18. The van der Waals surface area contributed by atoms with E-state index in [1.54, 1.807) is 6.20 Å². The molecule has 1 saturated carbocycles. The van der Waals surface area contributed by atoms with E-state index in [2.05, 4.69) is 20.1 Å². The van der Waals surface area contributed by atoms with Crippen molar-refractivity contribution in [2.24, 2.45) is 0 Å². The highest BCUT2D eigenvalue weighted by Crippen LogP contribution is 2.39. The summed E-state index contributed by atoms with van der Waals surface area (Å²) in [5, 5.41) is 4.08. The van der Waals surface area contributed by atoms with Crippen molar-refractivity contribution in [2.45, 2.75) is 50.9 Å². The number of hydrogen-bond donors (Lipinski definition) is 0. The van der Waals surface area contributed by atoms with Crippen LogP contribution in [-0.2, 0) is 0 Å². The first-order valence-corrected chi connectivity index (χ1v) is 8.56. The van der Waals surface area contributed by atoms with E-state index in [1.807, 2.05) is 18.7 Å². The predicted octanol–water partition coefficient (Wildman–Crippen LogP) is 2.49. The number of nitrogens with zero attached hydrogens (tertiary/aromatic N) is 5. The van der Waals surface area contributed by atoms with Crippen molar-refractivity contribution in [3.8, 4) is 0 Å². The molecule has 1 saturated heterocycles. The summed E-state index contributed by atoms with van der Waals surface area (Å²) < 4.78 is 5.42. The van der Waals surface area contributed by atoms with Gasteiger partial charge in [-0.3, -0.25) is 4.79 Å². The molecule has 2 aromatic heterocycles. The SMILES string of the molecule is CC(C)c1ncncc1C(=O)N1CC[C@@H](c2nc(C3CC3)no2)C1. The van der Waals surface area contributed by atoms with Gasteiger partial charge in [0.05, 0.1) is 17.2 Å². The second-order valence-electron chi connectivity index (χ2n) is 6.98.